The van der Waals surface area contributed by atoms with Crippen molar-refractivity contribution in [3.63, 3.8) is 0 Å². The molecule has 0 heterocycles. The van der Waals surface area contributed by atoms with Crippen LogP contribution in [0.4, 0.5) is 11.4 Å². The molecule has 4 aromatic rings. The third-order valence-electron chi connectivity index (χ3n) is 8.19. The van der Waals surface area contributed by atoms with Gasteiger partial charge in [-0.1, -0.05) is 48.6 Å². The lowest BCUT2D eigenvalue weighted by atomic mass is 9.82. The Morgan fingerprint density at radius 2 is 0.711 bits per heavy atom. The number of benzene rings is 4. The fourth-order valence-electron chi connectivity index (χ4n) is 5.55. The molecule has 0 spiro atoms. The third-order valence-corrected chi connectivity index (χ3v) is 8.19. The summed E-state index contributed by atoms with van der Waals surface area (Å²) in [6.07, 6.45) is 9.09. The van der Waals surface area contributed by atoms with Gasteiger partial charge in [0.2, 0.25) is 0 Å². The average Bonchev–Trinajstić information content (AvgIpc) is 2.89. The van der Waals surface area contributed by atoms with Crippen LogP contribution in [0.25, 0.3) is 35.1 Å². The van der Waals surface area contributed by atoms with Gasteiger partial charge in [-0.25, -0.2) is 0 Å². The number of fused-ring (bicyclic) bond motifs is 1. The number of rotatable bonds is 6. The van der Waals surface area contributed by atoms with Crippen molar-refractivity contribution in [2.75, 3.05) is 38.0 Å². The van der Waals surface area contributed by atoms with Crippen molar-refractivity contribution in [3.8, 4) is 0 Å². The molecule has 0 aliphatic carbocycles. The summed E-state index contributed by atoms with van der Waals surface area (Å²) in [6.45, 7) is 13.7. The zero-order valence-corrected chi connectivity index (χ0v) is 24.8. The van der Waals surface area contributed by atoms with E-state index in [9.17, 15) is 0 Å². The highest BCUT2D eigenvalue weighted by molar-refractivity contribution is 6.01. The molecule has 0 saturated carbocycles. The Hall–Kier alpha value is -3.78. The van der Waals surface area contributed by atoms with Crippen molar-refractivity contribution in [3.05, 3.63) is 104 Å². The number of hydrogen-bond acceptors (Lipinski definition) is 2. The smallest absolute Gasteiger partial charge is 0.0361 e. The molecule has 0 fully saturated rings. The fourth-order valence-corrected chi connectivity index (χ4v) is 5.55. The van der Waals surface area contributed by atoms with Crippen LogP contribution in [-0.4, -0.2) is 28.2 Å². The first-order valence-electron chi connectivity index (χ1n) is 13.5. The minimum atomic E-state index is 1.22. The summed E-state index contributed by atoms with van der Waals surface area (Å²) in [7, 11) is 8.30. The van der Waals surface area contributed by atoms with Crippen molar-refractivity contribution in [2.45, 2.75) is 41.5 Å². The fraction of sp³-hybridized carbons (Fsp3) is 0.278. The Bertz CT molecular complexity index is 1410. The van der Waals surface area contributed by atoms with E-state index in [0.717, 1.165) is 0 Å². The van der Waals surface area contributed by atoms with Crippen LogP contribution in [-0.2, 0) is 0 Å². The van der Waals surface area contributed by atoms with Gasteiger partial charge in [-0.2, -0.15) is 0 Å². The minimum absolute atomic E-state index is 1.22. The van der Waals surface area contributed by atoms with Gasteiger partial charge in [-0.05, 0) is 132 Å². The predicted molar refractivity (Wildman–Crippen MR) is 172 cm³/mol. The van der Waals surface area contributed by atoms with E-state index >= 15 is 0 Å². The highest BCUT2D eigenvalue weighted by atomic mass is 15.1. The van der Waals surface area contributed by atoms with Crippen LogP contribution in [0.1, 0.15) is 55.6 Å². The maximum atomic E-state index is 2.30. The Morgan fingerprint density at radius 3 is 1.00 bits per heavy atom. The van der Waals surface area contributed by atoms with Gasteiger partial charge in [-0.3, -0.25) is 0 Å². The van der Waals surface area contributed by atoms with Crippen LogP contribution < -0.4 is 9.80 Å². The van der Waals surface area contributed by atoms with E-state index < -0.39 is 0 Å². The monoisotopic (exact) mass is 502 g/mol. The van der Waals surface area contributed by atoms with Gasteiger partial charge >= 0.3 is 0 Å². The van der Waals surface area contributed by atoms with E-state index in [1.54, 1.807) is 0 Å². The second kappa shape index (κ2) is 10.9. The van der Waals surface area contributed by atoms with Crippen molar-refractivity contribution in [1.29, 1.82) is 0 Å². The second-order valence-electron chi connectivity index (χ2n) is 11.0. The third kappa shape index (κ3) is 5.13. The maximum absolute atomic E-state index is 2.30. The quantitative estimate of drug-likeness (QED) is 0.243. The predicted octanol–water partition coefficient (Wildman–Crippen LogP) is 9.16. The van der Waals surface area contributed by atoms with Crippen LogP contribution in [0.2, 0.25) is 0 Å². The lowest BCUT2D eigenvalue weighted by Gasteiger charge is -2.22. The summed E-state index contributed by atoms with van der Waals surface area (Å²) >= 11 is 0. The average molecular weight is 503 g/mol. The SMILES string of the molecule is Cc1c(C=Cc2ccc(N(C)C)cc2)c(C)c2c(C)c(C)c(C=Cc3ccc(N(C)C)cc3)c(C)c2c1C. The Morgan fingerprint density at radius 1 is 0.395 bits per heavy atom. The molecule has 0 aliphatic heterocycles. The Labute approximate surface area is 229 Å². The van der Waals surface area contributed by atoms with Crippen LogP contribution >= 0.6 is 0 Å². The van der Waals surface area contributed by atoms with Crippen molar-refractivity contribution in [2.24, 2.45) is 0 Å². The molecule has 0 unspecified atom stereocenters. The highest BCUT2D eigenvalue weighted by Crippen LogP contribution is 2.39. The molecule has 2 heteroatoms. The molecule has 0 N–H and O–H groups in total. The van der Waals surface area contributed by atoms with Crippen LogP contribution in [0.3, 0.4) is 0 Å². The van der Waals surface area contributed by atoms with E-state index in [-0.39, 0.29) is 0 Å². The summed E-state index contributed by atoms with van der Waals surface area (Å²) < 4.78 is 0. The Balaban J connectivity index is 1.79. The molecule has 0 bridgehead atoms. The molecule has 2 nitrogen and oxygen atoms in total. The van der Waals surface area contributed by atoms with Crippen molar-refractivity contribution in [1.82, 2.24) is 0 Å². The first kappa shape index (κ1) is 27.3. The molecule has 0 radical (unpaired) electrons. The number of hydrogen-bond donors (Lipinski definition) is 0. The van der Waals surface area contributed by atoms with E-state index in [4.69, 9.17) is 0 Å². The Kier molecular flexibility index (Phi) is 7.83. The molecule has 4 aromatic carbocycles. The molecule has 0 atom stereocenters. The number of anilines is 2. The molecule has 196 valence electrons. The summed E-state index contributed by atoms with van der Waals surface area (Å²) in [5, 5.41) is 2.80. The molecule has 0 aliphatic rings. The van der Waals surface area contributed by atoms with Gasteiger partial charge < -0.3 is 9.80 Å². The summed E-state index contributed by atoms with van der Waals surface area (Å²) in [5.74, 6) is 0. The maximum Gasteiger partial charge on any atom is 0.0361 e. The van der Waals surface area contributed by atoms with Crippen molar-refractivity contribution >= 4 is 46.5 Å². The highest BCUT2D eigenvalue weighted by Gasteiger charge is 2.18. The van der Waals surface area contributed by atoms with Gasteiger partial charge in [0.25, 0.3) is 0 Å². The molecule has 0 saturated heterocycles. The minimum Gasteiger partial charge on any atom is -0.378 e. The molecule has 38 heavy (non-hydrogen) atoms. The molecular formula is C36H42N2. The van der Waals surface area contributed by atoms with Gasteiger partial charge in [0.1, 0.15) is 0 Å². The molecule has 4 rings (SSSR count). The lowest BCUT2D eigenvalue weighted by Crippen LogP contribution is -2.07. The summed E-state index contributed by atoms with van der Waals surface area (Å²) in [5.41, 5.74) is 15.7. The second-order valence-corrected chi connectivity index (χ2v) is 11.0. The van der Waals surface area contributed by atoms with E-state index in [2.05, 4.69) is 152 Å². The van der Waals surface area contributed by atoms with E-state index in [1.165, 1.54) is 77.8 Å². The zero-order chi connectivity index (χ0) is 27.7. The molecule has 0 amide bonds. The lowest BCUT2D eigenvalue weighted by molar-refractivity contribution is 1.13. The van der Waals surface area contributed by atoms with E-state index in [1.807, 2.05) is 0 Å². The van der Waals surface area contributed by atoms with Crippen molar-refractivity contribution < 1.29 is 0 Å². The first-order chi connectivity index (χ1) is 18.0. The standard InChI is InChI=1S/C36H42N2/c1-23-25(3)35-28(6)34(22-16-30-13-19-32(20-14-30)38(9)10)24(2)26(4)36(35)27(5)33(23)21-15-29-11-17-31(18-12-29)37(7)8/h11-22H,1-10H3. The molecule has 0 aromatic heterocycles. The van der Waals surface area contributed by atoms with Crippen LogP contribution in [0.5, 0.6) is 0 Å². The molecular weight excluding hydrogens is 460 g/mol. The first-order valence-corrected chi connectivity index (χ1v) is 13.5. The normalized spacial score (nSPS) is 11.7. The zero-order valence-electron chi connectivity index (χ0n) is 24.8. The van der Waals surface area contributed by atoms with Gasteiger partial charge in [-0.15, -0.1) is 0 Å². The van der Waals surface area contributed by atoms with Gasteiger partial charge in [0.05, 0.1) is 0 Å². The van der Waals surface area contributed by atoms with Crippen LogP contribution in [0, 0.1) is 41.5 Å². The van der Waals surface area contributed by atoms with Crippen LogP contribution in [0.15, 0.2) is 48.5 Å². The summed E-state index contributed by atoms with van der Waals surface area (Å²) in [4.78, 5) is 4.26. The van der Waals surface area contributed by atoms with Gasteiger partial charge in [0, 0.05) is 39.6 Å². The van der Waals surface area contributed by atoms with E-state index in [0.29, 0.717) is 0 Å². The topological polar surface area (TPSA) is 6.48 Å². The summed E-state index contributed by atoms with van der Waals surface area (Å²) in [6, 6.07) is 17.5. The number of aryl methyl sites for hydroxylation is 4. The number of nitrogens with zero attached hydrogens (tertiary/aromatic N) is 2. The largest absolute Gasteiger partial charge is 0.378 e. The van der Waals surface area contributed by atoms with Gasteiger partial charge in [0.15, 0.2) is 0 Å².